The fourth-order valence-corrected chi connectivity index (χ4v) is 7.23. The number of esters is 2. The minimum atomic E-state index is -1.49. The molecule has 3 fully saturated rings. The number of allylic oxidation sites excluding steroid dienone is 4. The summed E-state index contributed by atoms with van der Waals surface area (Å²) in [5.74, 6) is -1.93. The molecule has 0 unspecified atom stereocenters. The van der Waals surface area contributed by atoms with Crippen LogP contribution in [0.2, 0.25) is 0 Å². The molecular formula is C25H30O7. The van der Waals surface area contributed by atoms with Crippen LogP contribution in [-0.4, -0.2) is 41.5 Å². The van der Waals surface area contributed by atoms with Crippen LogP contribution in [0, 0.1) is 28.6 Å². The van der Waals surface area contributed by atoms with E-state index in [0.29, 0.717) is 12.8 Å². The molecule has 0 aromatic carbocycles. The molecule has 4 rings (SSSR count). The van der Waals surface area contributed by atoms with Gasteiger partial charge in [0.25, 0.3) is 0 Å². The number of rotatable bonds is 4. The zero-order chi connectivity index (χ0) is 23.5. The maximum Gasteiger partial charge on any atom is 0.303 e. The quantitative estimate of drug-likeness (QED) is 0.617. The van der Waals surface area contributed by atoms with E-state index in [2.05, 4.69) is 0 Å². The molecule has 0 spiro atoms. The van der Waals surface area contributed by atoms with Crippen LogP contribution < -0.4 is 0 Å². The number of fused-ring (bicyclic) bond motifs is 5. The van der Waals surface area contributed by atoms with Gasteiger partial charge < -0.3 is 9.47 Å². The van der Waals surface area contributed by atoms with Gasteiger partial charge in [-0.3, -0.25) is 24.0 Å². The molecule has 0 bridgehead atoms. The largest absolute Gasteiger partial charge is 0.458 e. The van der Waals surface area contributed by atoms with E-state index in [9.17, 15) is 24.0 Å². The van der Waals surface area contributed by atoms with Crippen LogP contribution in [0.15, 0.2) is 23.8 Å². The highest BCUT2D eigenvalue weighted by Gasteiger charge is 2.70. The lowest BCUT2D eigenvalue weighted by atomic mass is 9.46. The van der Waals surface area contributed by atoms with E-state index in [0.717, 1.165) is 18.4 Å². The van der Waals surface area contributed by atoms with Gasteiger partial charge in [-0.05, 0) is 49.7 Å². The van der Waals surface area contributed by atoms with Gasteiger partial charge in [0.05, 0.1) is 0 Å². The first kappa shape index (κ1) is 22.6. The second-order valence-electron chi connectivity index (χ2n) is 10.2. The number of ether oxygens (including phenoxy) is 2. The third-order valence-corrected chi connectivity index (χ3v) is 8.55. The van der Waals surface area contributed by atoms with Gasteiger partial charge in [-0.15, -0.1) is 0 Å². The lowest BCUT2D eigenvalue weighted by Crippen LogP contribution is -2.62. The van der Waals surface area contributed by atoms with Crippen molar-refractivity contribution in [1.29, 1.82) is 0 Å². The molecule has 0 aromatic heterocycles. The SMILES string of the molecule is CC(=O)OCC(=O)[C@@]1(OC(C)=O)CC[C@@H]2[C@H]3CCC4=CC(=O)C=C[C@]4(C)[C@H]3C(=O)C[C@@]21C. The maximum atomic E-state index is 13.7. The monoisotopic (exact) mass is 442 g/mol. The molecule has 0 aromatic rings. The summed E-state index contributed by atoms with van der Waals surface area (Å²) < 4.78 is 10.7. The summed E-state index contributed by atoms with van der Waals surface area (Å²) in [5, 5.41) is 0. The van der Waals surface area contributed by atoms with Crippen LogP contribution in [0.1, 0.15) is 59.8 Å². The number of carbonyl (C=O) groups excluding carboxylic acids is 5. The second kappa shape index (κ2) is 7.49. The number of ketones is 3. The van der Waals surface area contributed by atoms with Crippen molar-refractivity contribution >= 4 is 29.3 Å². The highest BCUT2D eigenvalue weighted by Crippen LogP contribution is 2.66. The number of hydrogen-bond acceptors (Lipinski definition) is 7. The van der Waals surface area contributed by atoms with E-state index in [1.165, 1.54) is 13.8 Å². The van der Waals surface area contributed by atoms with E-state index in [1.807, 2.05) is 19.9 Å². The minimum Gasteiger partial charge on any atom is -0.458 e. The van der Waals surface area contributed by atoms with E-state index < -0.39 is 40.8 Å². The summed E-state index contributed by atoms with van der Waals surface area (Å²) in [6.07, 6.45) is 7.60. The van der Waals surface area contributed by atoms with Crippen molar-refractivity contribution in [1.82, 2.24) is 0 Å². The van der Waals surface area contributed by atoms with Crippen LogP contribution in [-0.2, 0) is 33.4 Å². The standard InChI is InChI=1S/C25H30O7/c1-14(26)31-13-21(30)25(32-15(2)27)10-8-19-18-6-5-16-11-17(28)7-9-23(16,3)22(18)20(29)12-24(19,25)4/h7,9,11,18-19,22H,5-6,8,10,12-13H2,1-4H3/t18-,19-,22-,23+,24+,25+/m1/s1. The molecule has 0 N–H and O–H groups in total. The van der Waals surface area contributed by atoms with E-state index in [4.69, 9.17) is 9.47 Å². The Kier molecular flexibility index (Phi) is 5.30. The van der Waals surface area contributed by atoms with Crippen molar-refractivity contribution in [3.05, 3.63) is 23.8 Å². The molecule has 3 saturated carbocycles. The average Bonchev–Trinajstić information content (AvgIpc) is 2.98. The highest BCUT2D eigenvalue weighted by atomic mass is 16.6. The summed E-state index contributed by atoms with van der Waals surface area (Å²) >= 11 is 0. The van der Waals surface area contributed by atoms with Crippen LogP contribution in [0.3, 0.4) is 0 Å². The van der Waals surface area contributed by atoms with Crippen LogP contribution in [0.5, 0.6) is 0 Å². The Morgan fingerprint density at radius 1 is 1.09 bits per heavy atom. The van der Waals surface area contributed by atoms with Gasteiger partial charge in [0.1, 0.15) is 5.78 Å². The molecule has 7 heteroatoms. The van der Waals surface area contributed by atoms with Gasteiger partial charge >= 0.3 is 11.9 Å². The van der Waals surface area contributed by atoms with Crippen molar-refractivity contribution < 1.29 is 33.4 Å². The van der Waals surface area contributed by atoms with Gasteiger partial charge in [-0.2, -0.15) is 0 Å². The van der Waals surface area contributed by atoms with E-state index >= 15 is 0 Å². The summed E-state index contributed by atoms with van der Waals surface area (Å²) in [6.45, 7) is 5.90. The molecule has 0 amide bonds. The summed E-state index contributed by atoms with van der Waals surface area (Å²) in [4.78, 5) is 62.4. The van der Waals surface area contributed by atoms with Crippen molar-refractivity contribution in [3.63, 3.8) is 0 Å². The summed E-state index contributed by atoms with van der Waals surface area (Å²) in [7, 11) is 0. The Bertz CT molecular complexity index is 975. The van der Waals surface area contributed by atoms with E-state index in [1.54, 1.807) is 12.2 Å². The fourth-order valence-electron chi connectivity index (χ4n) is 7.23. The smallest absolute Gasteiger partial charge is 0.303 e. The van der Waals surface area contributed by atoms with Gasteiger partial charge in [0, 0.05) is 37.0 Å². The molecular weight excluding hydrogens is 412 g/mol. The molecule has 0 saturated heterocycles. The van der Waals surface area contributed by atoms with Crippen molar-refractivity contribution in [2.45, 2.75) is 65.4 Å². The first-order valence-corrected chi connectivity index (χ1v) is 11.3. The van der Waals surface area contributed by atoms with Crippen LogP contribution in [0.4, 0.5) is 0 Å². The molecule has 172 valence electrons. The predicted molar refractivity (Wildman–Crippen MR) is 113 cm³/mol. The Morgan fingerprint density at radius 3 is 2.47 bits per heavy atom. The molecule has 0 radical (unpaired) electrons. The third kappa shape index (κ3) is 3.11. The second-order valence-corrected chi connectivity index (χ2v) is 10.2. The molecule has 4 aliphatic carbocycles. The maximum absolute atomic E-state index is 13.7. The normalized spacial score (nSPS) is 40.0. The molecule has 0 heterocycles. The zero-order valence-electron chi connectivity index (χ0n) is 19.1. The number of carbonyl (C=O) groups is 5. The molecule has 7 nitrogen and oxygen atoms in total. The van der Waals surface area contributed by atoms with Crippen molar-refractivity contribution in [2.24, 2.45) is 28.6 Å². The Balaban J connectivity index is 1.74. The molecule has 6 atom stereocenters. The topological polar surface area (TPSA) is 104 Å². The molecule has 4 aliphatic rings. The van der Waals surface area contributed by atoms with Crippen LogP contribution >= 0.6 is 0 Å². The molecule has 0 aliphatic heterocycles. The number of hydrogen-bond donors (Lipinski definition) is 0. The molecule has 32 heavy (non-hydrogen) atoms. The summed E-state index contributed by atoms with van der Waals surface area (Å²) in [5.41, 5.74) is -1.88. The van der Waals surface area contributed by atoms with Crippen molar-refractivity contribution in [2.75, 3.05) is 6.61 Å². The predicted octanol–water partition coefficient (Wildman–Crippen LogP) is 2.91. The van der Waals surface area contributed by atoms with Gasteiger partial charge in [0.15, 0.2) is 18.0 Å². The van der Waals surface area contributed by atoms with Gasteiger partial charge in [-0.1, -0.05) is 25.5 Å². The zero-order valence-corrected chi connectivity index (χ0v) is 19.1. The highest BCUT2D eigenvalue weighted by molar-refractivity contribution is 6.02. The first-order chi connectivity index (χ1) is 14.9. The van der Waals surface area contributed by atoms with Gasteiger partial charge in [-0.25, -0.2) is 0 Å². The third-order valence-electron chi connectivity index (χ3n) is 8.55. The first-order valence-electron chi connectivity index (χ1n) is 11.3. The van der Waals surface area contributed by atoms with Crippen LogP contribution in [0.25, 0.3) is 0 Å². The Labute approximate surface area is 187 Å². The van der Waals surface area contributed by atoms with E-state index in [-0.39, 0.29) is 35.7 Å². The summed E-state index contributed by atoms with van der Waals surface area (Å²) in [6, 6.07) is 0. The van der Waals surface area contributed by atoms with Crippen molar-refractivity contribution in [3.8, 4) is 0 Å². The lowest BCUT2D eigenvalue weighted by Gasteiger charge is -2.57. The number of Topliss-reactive ketones (excluding diaryl/α,β-unsaturated/α-hetero) is 2. The minimum absolute atomic E-state index is 0.00442. The Hall–Kier alpha value is -2.57. The average molecular weight is 443 g/mol. The Morgan fingerprint density at radius 2 is 1.81 bits per heavy atom. The van der Waals surface area contributed by atoms with Gasteiger partial charge in [0.2, 0.25) is 5.78 Å². The fraction of sp³-hybridized carbons (Fsp3) is 0.640. The lowest BCUT2D eigenvalue weighted by molar-refractivity contribution is -0.191.